The molecule has 0 bridgehead atoms. The number of nitrogens with zero attached hydrogens (tertiary/aromatic N) is 2. The van der Waals surface area contributed by atoms with Gasteiger partial charge in [-0.25, -0.2) is 18.2 Å². The van der Waals surface area contributed by atoms with Crippen LogP contribution in [0.1, 0.15) is 13.8 Å². The minimum absolute atomic E-state index is 0.0481. The van der Waals surface area contributed by atoms with Gasteiger partial charge < -0.3 is 4.74 Å². The van der Waals surface area contributed by atoms with E-state index in [4.69, 9.17) is 4.74 Å². The summed E-state index contributed by atoms with van der Waals surface area (Å²) < 4.78 is 26.5. The van der Waals surface area contributed by atoms with Crippen molar-refractivity contribution in [1.82, 2.24) is 4.90 Å². The van der Waals surface area contributed by atoms with Gasteiger partial charge in [-0.2, -0.15) is 0 Å². The van der Waals surface area contributed by atoms with Gasteiger partial charge in [-0.1, -0.05) is 0 Å². The lowest BCUT2D eigenvalue weighted by atomic mass is 10.2. The van der Waals surface area contributed by atoms with Crippen LogP contribution in [0.15, 0.2) is 4.99 Å². The molecule has 7 heteroatoms. The summed E-state index contributed by atoms with van der Waals surface area (Å²) in [4.78, 5) is 16.4. The second kappa shape index (κ2) is 3.48. The first-order chi connectivity index (χ1) is 6.66. The molecule has 0 aromatic rings. The molecular weight excluding hydrogens is 220 g/mol. The molecule has 0 atom stereocenters. The van der Waals surface area contributed by atoms with E-state index in [9.17, 15) is 13.2 Å². The Labute approximate surface area is 88.8 Å². The quantitative estimate of drug-likeness (QED) is 0.686. The number of ether oxygens (including phenoxy) is 1. The Morgan fingerprint density at radius 1 is 1.47 bits per heavy atom. The third-order valence-electron chi connectivity index (χ3n) is 2.36. The zero-order valence-electron chi connectivity index (χ0n) is 9.14. The Kier molecular flexibility index (Phi) is 2.77. The van der Waals surface area contributed by atoms with Crippen molar-refractivity contribution in [1.29, 1.82) is 0 Å². The number of carbonyl (C=O) groups is 1. The first-order valence-corrected chi connectivity index (χ1v) is 6.23. The first-order valence-electron chi connectivity index (χ1n) is 4.33. The Morgan fingerprint density at radius 3 is 2.40 bits per heavy atom. The van der Waals surface area contributed by atoms with Crippen molar-refractivity contribution in [2.24, 2.45) is 4.99 Å². The average Bonchev–Trinajstić information content (AvgIpc) is 2.07. The van der Waals surface area contributed by atoms with E-state index < -0.39 is 20.7 Å². The smallest absolute Gasteiger partial charge is 0.394 e. The minimum atomic E-state index is -3.37. The van der Waals surface area contributed by atoms with Crippen LogP contribution >= 0.6 is 0 Å². The van der Waals surface area contributed by atoms with Gasteiger partial charge in [-0.05, 0) is 13.8 Å². The predicted molar refractivity (Wildman–Crippen MR) is 55.5 cm³/mol. The summed E-state index contributed by atoms with van der Waals surface area (Å²) in [6.45, 7) is 3.03. The van der Waals surface area contributed by atoms with Gasteiger partial charge in [0.25, 0.3) is 0 Å². The molecule has 1 heterocycles. The van der Waals surface area contributed by atoms with E-state index in [2.05, 4.69) is 4.99 Å². The maximum atomic E-state index is 11.5. The number of hydrogen-bond donors (Lipinski definition) is 0. The monoisotopic (exact) mass is 234 g/mol. The van der Waals surface area contributed by atoms with Crippen LogP contribution < -0.4 is 0 Å². The number of hydrogen-bond acceptors (Lipinski definition) is 5. The normalized spacial score (nSPS) is 18.5. The maximum Gasteiger partial charge on any atom is 0.417 e. The highest BCUT2D eigenvalue weighted by Crippen LogP contribution is 2.20. The fraction of sp³-hybridized carbons (Fsp3) is 0.750. The molecule has 0 aromatic heterocycles. The summed E-state index contributed by atoms with van der Waals surface area (Å²) in [5.41, 5.74) is 0. The van der Waals surface area contributed by atoms with Crippen LogP contribution in [0.5, 0.6) is 0 Å². The third kappa shape index (κ3) is 2.11. The molecule has 1 aliphatic rings. The van der Waals surface area contributed by atoms with Crippen LogP contribution in [0.2, 0.25) is 0 Å². The molecule has 0 saturated heterocycles. The number of carbonyl (C=O) groups excluding carboxylic acids is 1. The summed E-state index contributed by atoms with van der Waals surface area (Å²) in [7, 11) is -1.85. The third-order valence-corrected chi connectivity index (χ3v) is 4.39. The second-order valence-electron chi connectivity index (χ2n) is 3.95. The minimum Gasteiger partial charge on any atom is -0.394 e. The van der Waals surface area contributed by atoms with Gasteiger partial charge in [0.05, 0.1) is 0 Å². The topological polar surface area (TPSA) is 76.0 Å². The summed E-state index contributed by atoms with van der Waals surface area (Å²) in [6, 6.07) is 0. The number of aliphatic imine (C=N–C) groups is 1. The molecule has 0 aliphatic carbocycles. The van der Waals surface area contributed by atoms with Crippen molar-refractivity contribution < 1.29 is 17.9 Å². The van der Waals surface area contributed by atoms with E-state index in [0.29, 0.717) is 0 Å². The maximum absolute atomic E-state index is 11.5. The van der Waals surface area contributed by atoms with Crippen molar-refractivity contribution in [3.05, 3.63) is 0 Å². The summed E-state index contributed by atoms with van der Waals surface area (Å²) in [5.74, 6) is -0.0481. The van der Waals surface area contributed by atoms with Gasteiger partial charge in [0.2, 0.25) is 5.90 Å². The molecule has 1 rings (SSSR count). The average molecular weight is 234 g/mol. The van der Waals surface area contributed by atoms with E-state index in [1.165, 1.54) is 25.8 Å². The van der Waals surface area contributed by atoms with Gasteiger partial charge in [0, 0.05) is 13.3 Å². The zero-order chi connectivity index (χ0) is 11.9. The molecule has 0 unspecified atom stereocenters. The number of cyclic esters (lactones) is 1. The van der Waals surface area contributed by atoms with Gasteiger partial charge in [-0.15, -0.1) is 0 Å². The summed E-state index contributed by atoms with van der Waals surface area (Å²) >= 11 is 0. The van der Waals surface area contributed by atoms with Gasteiger partial charge in [0.15, 0.2) is 9.84 Å². The lowest BCUT2D eigenvalue weighted by molar-refractivity contribution is 0.149. The summed E-state index contributed by atoms with van der Waals surface area (Å²) in [6.07, 6.45) is 0.499. The van der Waals surface area contributed by atoms with Crippen LogP contribution in [-0.2, 0) is 14.6 Å². The van der Waals surface area contributed by atoms with Gasteiger partial charge in [0.1, 0.15) is 11.4 Å². The van der Waals surface area contributed by atoms with Crippen molar-refractivity contribution >= 4 is 21.8 Å². The standard InChI is InChI=1S/C8H14N2O4S/c1-8(2,15(4,12)13)6-9-5-10(3)7(11)14-6/h5H2,1-4H3. The lowest BCUT2D eigenvalue weighted by Gasteiger charge is -2.28. The van der Waals surface area contributed by atoms with Crippen LogP contribution in [-0.4, -0.2) is 50.0 Å². The molecule has 0 radical (unpaired) electrons. The van der Waals surface area contributed by atoms with E-state index in [-0.39, 0.29) is 12.6 Å². The van der Waals surface area contributed by atoms with E-state index in [0.717, 1.165) is 6.26 Å². The van der Waals surface area contributed by atoms with Crippen LogP contribution in [0.25, 0.3) is 0 Å². The number of rotatable bonds is 2. The second-order valence-corrected chi connectivity index (χ2v) is 6.52. The zero-order valence-corrected chi connectivity index (χ0v) is 9.96. The Hall–Kier alpha value is -1.11. The molecule has 0 saturated carbocycles. The highest BCUT2D eigenvalue weighted by molar-refractivity contribution is 7.92. The highest BCUT2D eigenvalue weighted by Gasteiger charge is 2.41. The van der Waals surface area contributed by atoms with E-state index in [1.807, 2.05) is 0 Å². The van der Waals surface area contributed by atoms with Crippen molar-refractivity contribution in [3.63, 3.8) is 0 Å². The van der Waals surface area contributed by atoms with Crippen molar-refractivity contribution in [2.45, 2.75) is 18.6 Å². The first kappa shape index (κ1) is 12.0. The van der Waals surface area contributed by atoms with Crippen molar-refractivity contribution in [2.75, 3.05) is 20.0 Å². The molecular formula is C8H14N2O4S. The molecule has 0 aromatic carbocycles. The Morgan fingerprint density at radius 2 is 2.00 bits per heavy atom. The van der Waals surface area contributed by atoms with Gasteiger partial charge in [-0.3, -0.25) is 4.90 Å². The van der Waals surface area contributed by atoms with Crippen molar-refractivity contribution in [3.8, 4) is 0 Å². The van der Waals surface area contributed by atoms with Crippen LogP contribution in [0, 0.1) is 0 Å². The Balaban J connectivity index is 3.06. The molecule has 6 nitrogen and oxygen atoms in total. The predicted octanol–water partition coefficient (Wildman–Crippen LogP) is 0.248. The lowest BCUT2D eigenvalue weighted by Crippen LogP contribution is -2.47. The number of sulfone groups is 1. The molecule has 86 valence electrons. The van der Waals surface area contributed by atoms with Crippen LogP contribution in [0.3, 0.4) is 0 Å². The summed E-state index contributed by atoms with van der Waals surface area (Å²) in [5, 5.41) is 0. The molecule has 0 N–H and O–H groups in total. The fourth-order valence-corrected chi connectivity index (χ4v) is 1.32. The number of amides is 1. The molecule has 15 heavy (non-hydrogen) atoms. The Bertz CT molecular complexity index is 410. The molecule has 1 amide bonds. The van der Waals surface area contributed by atoms with Gasteiger partial charge >= 0.3 is 6.09 Å². The fourth-order valence-electron chi connectivity index (χ4n) is 0.893. The van der Waals surface area contributed by atoms with E-state index >= 15 is 0 Å². The molecule has 0 spiro atoms. The van der Waals surface area contributed by atoms with E-state index in [1.54, 1.807) is 0 Å². The largest absolute Gasteiger partial charge is 0.417 e. The SMILES string of the molecule is CN1CN=C(C(C)(C)S(C)(=O)=O)OC1=O. The molecule has 0 fully saturated rings. The highest BCUT2D eigenvalue weighted by atomic mass is 32.2. The molecule has 1 aliphatic heterocycles. The van der Waals surface area contributed by atoms with Crippen LogP contribution in [0.4, 0.5) is 4.79 Å².